The van der Waals surface area contributed by atoms with Crippen molar-refractivity contribution in [2.24, 2.45) is 0 Å². The van der Waals surface area contributed by atoms with Gasteiger partial charge in [0.1, 0.15) is 60.0 Å². The van der Waals surface area contributed by atoms with Gasteiger partial charge in [0, 0.05) is 11.6 Å². The molecular formula is C28H32O16. The van der Waals surface area contributed by atoms with E-state index >= 15 is 0 Å². The number of aliphatic hydroxyl groups is 6. The third-order valence-corrected chi connectivity index (χ3v) is 7.66. The number of phenolic OH excluding ortho intramolecular Hbond substituents is 3. The highest BCUT2D eigenvalue weighted by Crippen LogP contribution is 2.51. The Bertz CT molecular complexity index is 1570. The smallest absolute Gasteiger partial charge is 0.204 e. The number of ether oxygens (including phenoxy) is 5. The Hall–Kier alpha value is -3.71. The van der Waals surface area contributed by atoms with Gasteiger partial charge in [0.2, 0.25) is 5.75 Å². The Morgan fingerprint density at radius 2 is 1.59 bits per heavy atom. The predicted molar refractivity (Wildman–Crippen MR) is 145 cm³/mol. The fourth-order valence-electron chi connectivity index (χ4n) is 5.35. The van der Waals surface area contributed by atoms with Crippen molar-refractivity contribution in [2.75, 3.05) is 27.4 Å². The molecule has 240 valence electrons. The standard InChI is InChI=1S/C28H32O16/c1-39-24-17(25-27(21(37)19(35)15(7-29)43-25)44-28-22(38)18(34)13(33)8-41-28)23-16(20(36)26(24)40-2)12(32)6-14(42-23)9-3-4-10(30)11(31)5-9/h3-6,13,15,18-19,21-22,25,27-31,33-38H,7-8H2,1-2H3/t13-,15+,18+,19+,21-,22-,25-,27+,28-/m0/s1. The maximum absolute atomic E-state index is 13.5. The summed E-state index contributed by atoms with van der Waals surface area (Å²) in [6.45, 7) is -1.26. The summed E-state index contributed by atoms with van der Waals surface area (Å²) in [5.74, 6) is -2.43. The lowest BCUT2D eigenvalue weighted by Crippen LogP contribution is -2.60. The van der Waals surface area contributed by atoms with Crippen LogP contribution in [0, 0.1) is 0 Å². The van der Waals surface area contributed by atoms with Crippen LogP contribution in [-0.4, -0.2) is 122 Å². The minimum absolute atomic E-state index is 0.131. The molecule has 3 heterocycles. The molecule has 9 atom stereocenters. The van der Waals surface area contributed by atoms with E-state index in [0.717, 1.165) is 18.2 Å². The quantitative estimate of drug-likeness (QED) is 0.137. The molecule has 2 aromatic carbocycles. The van der Waals surface area contributed by atoms with Crippen LogP contribution in [0.1, 0.15) is 11.7 Å². The predicted octanol–water partition coefficient (Wildman–Crippen LogP) is -1.43. The van der Waals surface area contributed by atoms with E-state index < -0.39 is 96.4 Å². The molecular weight excluding hydrogens is 592 g/mol. The lowest BCUT2D eigenvalue weighted by Gasteiger charge is -2.45. The minimum Gasteiger partial charge on any atom is -0.504 e. The molecule has 44 heavy (non-hydrogen) atoms. The van der Waals surface area contributed by atoms with Gasteiger partial charge in [-0.05, 0) is 18.2 Å². The maximum Gasteiger partial charge on any atom is 0.204 e. The Morgan fingerprint density at radius 1 is 0.886 bits per heavy atom. The number of fused-ring (bicyclic) bond motifs is 1. The lowest BCUT2D eigenvalue weighted by atomic mass is 9.89. The third-order valence-electron chi connectivity index (χ3n) is 7.66. The monoisotopic (exact) mass is 624 g/mol. The van der Waals surface area contributed by atoms with E-state index in [2.05, 4.69) is 0 Å². The molecule has 0 amide bonds. The average Bonchev–Trinajstić information content (AvgIpc) is 3.00. The largest absolute Gasteiger partial charge is 0.504 e. The molecule has 9 N–H and O–H groups in total. The average molecular weight is 625 g/mol. The van der Waals surface area contributed by atoms with Crippen molar-refractivity contribution in [2.45, 2.75) is 55.1 Å². The van der Waals surface area contributed by atoms with Gasteiger partial charge in [-0.1, -0.05) is 0 Å². The number of phenols is 3. The minimum atomic E-state index is -1.87. The molecule has 0 aliphatic carbocycles. The Labute approximate surface area is 248 Å². The first kappa shape index (κ1) is 31.7. The molecule has 16 nitrogen and oxygen atoms in total. The van der Waals surface area contributed by atoms with Gasteiger partial charge in [0.05, 0.1) is 33.0 Å². The SMILES string of the molecule is COc1c(OC)c(O)c2c(=O)cc(-c3ccc(O)c(O)c3)oc2c1[C@@H]1O[C@H](CO)[C@@H](O)[C@H](O)[C@H]1O[C@@H]1OC[C@H](O)[C@@H](O)[C@@H]1O. The summed E-state index contributed by atoms with van der Waals surface area (Å²) < 4.78 is 34.1. The second kappa shape index (κ2) is 12.4. The van der Waals surface area contributed by atoms with Crippen LogP contribution < -0.4 is 14.9 Å². The molecule has 2 fully saturated rings. The van der Waals surface area contributed by atoms with Crippen molar-refractivity contribution in [3.63, 3.8) is 0 Å². The topological polar surface area (TPSA) is 258 Å². The van der Waals surface area contributed by atoms with Crippen LogP contribution in [0.5, 0.6) is 28.7 Å². The van der Waals surface area contributed by atoms with Gasteiger partial charge in [-0.2, -0.15) is 0 Å². The summed E-state index contributed by atoms with van der Waals surface area (Å²) in [5.41, 5.74) is -1.26. The Balaban J connectivity index is 1.76. The molecule has 2 saturated heterocycles. The van der Waals surface area contributed by atoms with Gasteiger partial charge in [-0.25, -0.2) is 0 Å². The highest BCUT2D eigenvalue weighted by molar-refractivity contribution is 5.93. The second-order valence-electron chi connectivity index (χ2n) is 10.3. The zero-order chi connectivity index (χ0) is 32.0. The lowest BCUT2D eigenvalue weighted by molar-refractivity contribution is -0.325. The summed E-state index contributed by atoms with van der Waals surface area (Å²) >= 11 is 0. The molecule has 5 rings (SSSR count). The number of aliphatic hydroxyl groups excluding tert-OH is 6. The first-order valence-electron chi connectivity index (χ1n) is 13.3. The van der Waals surface area contributed by atoms with E-state index in [1.54, 1.807) is 0 Å². The molecule has 0 unspecified atom stereocenters. The second-order valence-corrected chi connectivity index (χ2v) is 10.3. The van der Waals surface area contributed by atoms with Gasteiger partial charge >= 0.3 is 0 Å². The molecule has 3 aromatic rings. The molecule has 2 aliphatic rings. The fourth-order valence-corrected chi connectivity index (χ4v) is 5.35. The summed E-state index contributed by atoms with van der Waals surface area (Å²) in [4.78, 5) is 13.5. The number of benzene rings is 2. The van der Waals surface area contributed by atoms with E-state index in [1.165, 1.54) is 20.3 Å². The molecule has 2 aliphatic heterocycles. The Morgan fingerprint density at radius 3 is 2.23 bits per heavy atom. The van der Waals surface area contributed by atoms with Gasteiger partial charge < -0.3 is 74.1 Å². The van der Waals surface area contributed by atoms with Gasteiger partial charge in [-0.15, -0.1) is 0 Å². The van der Waals surface area contributed by atoms with Crippen LogP contribution in [0.2, 0.25) is 0 Å². The van der Waals surface area contributed by atoms with E-state index in [0.29, 0.717) is 0 Å². The van der Waals surface area contributed by atoms with Crippen molar-refractivity contribution in [3.8, 4) is 40.1 Å². The van der Waals surface area contributed by atoms with Gasteiger partial charge in [-0.3, -0.25) is 4.79 Å². The molecule has 1 aromatic heterocycles. The van der Waals surface area contributed by atoms with E-state index in [1.807, 2.05) is 0 Å². The van der Waals surface area contributed by atoms with Crippen LogP contribution in [0.25, 0.3) is 22.3 Å². The third kappa shape index (κ3) is 5.29. The summed E-state index contributed by atoms with van der Waals surface area (Å²) in [6, 6.07) is 4.62. The van der Waals surface area contributed by atoms with E-state index in [-0.39, 0.29) is 34.0 Å². The first-order valence-corrected chi connectivity index (χ1v) is 13.3. The summed E-state index contributed by atoms with van der Waals surface area (Å²) in [6.07, 6.45) is -15.0. The number of hydrogen-bond acceptors (Lipinski definition) is 16. The molecule has 16 heteroatoms. The van der Waals surface area contributed by atoms with Crippen molar-refractivity contribution in [3.05, 3.63) is 40.1 Å². The van der Waals surface area contributed by atoms with Crippen LogP contribution >= 0.6 is 0 Å². The highest BCUT2D eigenvalue weighted by Gasteiger charge is 2.51. The van der Waals surface area contributed by atoms with Crippen molar-refractivity contribution in [1.82, 2.24) is 0 Å². The zero-order valence-electron chi connectivity index (χ0n) is 23.3. The summed E-state index contributed by atoms with van der Waals surface area (Å²) in [7, 11) is 2.36. The molecule has 0 radical (unpaired) electrons. The number of rotatable bonds is 7. The van der Waals surface area contributed by atoms with Crippen LogP contribution in [0.4, 0.5) is 0 Å². The number of aromatic hydroxyl groups is 3. The van der Waals surface area contributed by atoms with Crippen LogP contribution in [-0.2, 0) is 14.2 Å². The fraction of sp³-hybridized carbons (Fsp3) is 0.464. The van der Waals surface area contributed by atoms with Gasteiger partial charge in [0.25, 0.3) is 0 Å². The van der Waals surface area contributed by atoms with Crippen molar-refractivity contribution < 1.29 is 74.1 Å². The molecule has 0 spiro atoms. The van der Waals surface area contributed by atoms with Crippen LogP contribution in [0.15, 0.2) is 33.5 Å². The number of hydrogen-bond donors (Lipinski definition) is 9. The van der Waals surface area contributed by atoms with E-state index in [4.69, 9.17) is 28.1 Å². The van der Waals surface area contributed by atoms with Gasteiger partial charge in [0.15, 0.2) is 40.3 Å². The molecule has 0 saturated carbocycles. The highest BCUT2D eigenvalue weighted by atomic mass is 16.7. The maximum atomic E-state index is 13.5. The first-order chi connectivity index (χ1) is 20.9. The number of methoxy groups -OCH3 is 2. The zero-order valence-corrected chi connectivity index (χ0v) is 23.3. The van der Waals surface area contributed by atoms with Crippen molar-refractivity contribution >= 4 is 11.0 Å². The van der Waals surface area contributed by atoms with Crippen molar-refractivity contribution in [1.29, 1.82) is 0 Å². The summed E-state index contributed by atoms with van der Waals surface area (Å²) in [5, 5.41) is 92.8. The molecule has 0 bridgehead atoms. The van der Waals surface area contributed by atoms with E-state index in [9.17, 15) is 50.8 Å². The normalized spacial score (nSPS) is 30.8. The van der Waals surface area contributed by atoms with Crippen LogP contribution in [0.3, 0.4) is 0 Å². The Kier molecular flexibility index (Phi) is 8.90.